The Morgan fingerprint density at radius 3 is 2.89 bits per heavy atom. The van der Waals surface area contributed by atoms with Gasteiger partial charge in [0.05, 0.1) is 12.8 Å². The highest BCUT2D eigenvalue weighted by molar-refractivity contribution is 6.02. The van der Waals surface area contributed by atoms with Gasteiger partial charge in [0, 0.05) is 30.1 Å². The van der Waals surface area contributed by atoms with E-state index in [1.807, 2.05) is 13.1 Å². The van der Waals surface area contributed by atoms with Crippen LogP contribution >= 0.6 is 0 Å². The first kappa shape index (κ1) is 17.5. The Morgan fingerprint density at radius 1 is 1.33 bits per heavy atom. The van der Waals surface area contributed by atoms with Crippen molar-refractivity contribution in [2.75, 3.05) is 27.5 Å². The van der Waals surface area contributed by atoms with Crippen LogP contribution in [0.2, 0.25) is 0 Å². The van der Waals surface area contributed by atoms with Crippen LogP contribution in [0.15, 0.2) is 35.5 Å². The van der Waals surface area contributed by atoms with Crippen molar-refractivity contribution >= 4 is 5.71 Å². The summed E-state index contributed by atoms with van der Waals surface area (Å²) < 4.78 is 16.9. The van der Waals surface area contributed by atoms with Gasteiger partial charge in [-0.3, -0.25) is 4.90 Å². The van der Waals surface area contributed by atoms with Crippen molar-refractivity contribution in [2.24, 2.45) is 5.16 Å². The molecule has 1 atom stereocenters. The van der Waals surface area contributed by atoms with Gasteiger partial charge in [0.1, 0.15) is 5.75 Å². The number of phenolic OH excluding ortho intramolecular Hbond substituents is 1. The van der Waals surface area contributed by atoms with E-state index in [1.165, 1.54) is 0 Å². The summed E-state index contributed by atoms with van der Waals surface area (Å²) in [4.78, 5) is 2.19. The summed E-state index contributed by atoms with van der Waals surface area (Å²) in [6, 6.07) is 8.78. The molecule has 0 aromatic heterocycles. The predicted octanol–water partition coefficient (Wildman–Crippen LogP) is 2.93. The van der Waals surface area contributed by atoms with Crippen LogP contribution in [-0.4, -0.2) is 48.4 Å². The predicted molar refractivity (Wildman–Crippen MR) is 99.2 cm³/mol. The van der Waals surface area contributed by atoms with Gasteiger partial charge in [0.25, 0.3) is 0 Å². The fraction of sp³-hybridized carbons (Fsp3) is 0.350. The number of phenols is 1. The summed E-state index contributed by atoms with van der Waals surface area (Å²) in [5.74, 6) is 2.06. The molecule has 0 radical (unpaired) electrons. The highest BCUT2D eigenvalue weighted by Crippen LogP contribution is 2.50. The van der Waals surface area contributed by atoms with E-state index in [-0.39, 0.29) is 18.6 Å². The van der Waals surface area contributed by atoms with Crippen LogP contribution in [0.1, 0.15) is 29.2 Å². The number of hydrogen-bond donors (Lipinski definition) is 2. The van der Waals surface area contributed by atoms with E-state index in [2.05, 4.69) is 10.1 Å². The van der Waals surface area contributed by atoms with Gasteiger partial charge in [0.15, 0.2) is 11.5 Å². The third-order valence-corrected chi connectivity index (χ3v) is 5.27. The zero-order valence-electron chi connectivity index (χ0n) is 15.3. The van der Waals surface area contributed by atoms with Gasteiger partial charge >= 0.3 is 0 Å². The van der Waals surface area contributed by atoms with Gasteiger partial charge in [-0.1, -0.05) is 17.3 Å². The Morgan fingerprint density at radius 2 is 2.15 bits per heavy atom. The molecular weight excluding hydrogens is 348 g/mol. The number of ether oxygens (including phenoxy) is 3. The normalized spacial score (nSPS) is 19.0. The molecular formula is C20H22N2O5. The molecule has 2 aliphatic heterocycles. The Bertz CT molecular complexity index is 896. The average molecular weight is 370 g/mol. The minimum atomic E-state index is -0.0938. The lowest BCUT2D eigenvalue weighted by Gasteiger charge is -2.36. The molecule has 0 aliphatic carbocycles. The van der Waals surface area contributed by atoms with E-state index < -0.39 is 0 Å². The van der Waals surface area contributed by atoms with E-state index in [1.54, 1.807) is 31.4 Å². The number of fused-ring (bicyclic) bond motifs is 2. The third kappa shape index (κ3) is 2.94. The number of methoxy groups -OCH3 is 1. The monoisotopic (exact) mass is 370 g/mol. The molecule has 27 heavy (non-hydrogen) atoms. The van der Waals surface area contributed by atoms with Crippen molar-refractivity contribution in [1.82, 2.24) is 4.90 Å². The molecule has 4 rings (SSSR count). The number of aromatic hydroxyl groups is 1. The molecule has 0 spiro atoms. The van der Waals surface area contributed by atoms with Crippen molar-refractivity contribution in [3.8, 4) is 23.0 Å². The highest BCUT2D eigenvalue weighted by atomic mass is 16.7. The third-order valence-electron chi connectivity index (χ3n) is 5.27. The van der Waals surface area contributed by atoms with E-state index in [0.29, 0.717) is 34.9 Å². The highest BCUT2D eigenvalue weighted by Gasteiger charge is 2.35. The molecule has 0 saturated carbocycles. The first-order valence-corrected chi connectivity index (χ1v) is 8.83. The second kappa shape index (κ2) is 7.00. The van der Waals surface area contributed by atoms with Gasteiger partial charge in [-0.05, 0) is 37.2 Å². The maximum absolute atomic E-state index is 10.2. The lowest BCUT2D eigenvalue weighted by atomic mass is 9.87. The molecule has 2 N–H and O–H groups in total. The van der Waals surface area contributed by atoms with Crippen molar-refractivity contribution in [1.29, 1.82) is 0 Å². The topological polar surface area (TPSA) is 83.8 Å². The molecule has 7 nitrogen and oxygen atoms in total. The van der Waals surface area contributed by atoms with Gasteiger partial charge in [-0.15, -0.1) is 0 Å². The molecule has 1 unspecified atom stereocenters. The maximum atomic E-state index is 10.2. The fourth-order valence-corrected chi connectivity index (χ4v) is 3.89. The SMILES string of the molecule is COc1c2c(cc3c1C(C/C(=N/O)c1ccccc1O)N(C)CC3)OCO2. The zero-order chi connectivity index (χ0) is 19.0. The van der Waals surface area contributed by atoms with Gasteiger partial charge in [-0.2, -0.15) is 0 Å². The summed E-state index contributed by atoms with van der Waals surface area (Å²) >= 11 is 0. The van der Waals surface area contributed by atoms with Crippen molar-refractivity contribution in [3.63, 3.8) is 0 Å². The maximum Gasteiger partial charge on any atom is 0.231 e. The van der Waals surface area contributed by atoms with Crippen LogP contribution in [0.5, 0.6) is 23.0 Å². The van der Waals surface area contributed by atoms with E-state index in [0.717, 1.165) is 24.1 Å². The molecule has 2 aromatic rings. The standard InChI is InChI=1S/C20H22N2O5/c1-22-8-7-12-9-17-19(27-11-26-17)20(25-2)18(12)15(22)10-14(21-24)13-5-3-4-6-16(13)23/h3-6,9,15,23-24H,7-8,10-11H2,1-2H3/b21-14-. The fourth-order valence-electron chi connectivity index (χ4n) is 3.89. The average Bonchev–Trinajstić information content (AvgIpc) is 3.15. The molecule has 2 aromatic carbocycles. The molecule has 0 bridgehead atoms. The zero-order valence-corrected chi connectivity index (χ0v) is 15.3. The number of oxime groups is 1. The second-order valence-electron chi connectivity index (χ2n) is 6.73. The minimum absolute atomic E-state index is 0.0848. The molecule has 7 heteroatoms. The number of likely N-dealkylation sites (N-methyl/N-ethyl adjacent to an activating group) is 1. The molecule has 0 fully saturated rings. The first-order valence-electron chi connectivity index (χ1n) is 8.83. The van der Waals surface area contributed by atoms with E-state index >= 15 is 0 Å². The quantitative estimate of drug-likeness (QED) is 0.489. The van der Waals surface area contributed by atoms with Crippen LogP contribution in [0, 0.1) is 0 Å². The Labute approximate surface area is 157 Å². The molecule has 0 amide bonds. The second-order valence-corrected chi connectivity index (χ2v) is 6.73. The number of hydrogen-bond acceptors (Lipinski definition) is 7. The molecule has 2 heterocycles. The summed E-state index contributed by atoms with van der Waals surface area (Å²) in [7, 11) is 3.64. The summed E-state index contributed by atoms with van der Waals surface area (Å²) in [5.41, 5.74) is 3.07. The number of benzene rings is 2. The number of para-hydroxylation sites is 1. The van der Waals surface area contributed by atoms with Crippen molar-refractivity contribution in [3.05, 3.63) is 47.0 Å². The summed E-state index contributed by atoms with van der Waals surface area (Å²) in [6.45, 7) is 1.02. The van der Waals surface area contributed by atoms with Crippen LogP contribution in [-0.2, 0) is 6.42 Å². The van der Waals surface area contributed by atoms with Crippen molar-refractivity contribution in [2.45, 2.75) is 18.9 Å². The van der Waals surface area contributed by atoms with Gasteiger partial charge in [-0.25, -0.2) is 0 Å². The lowest BCUT2D eigenvalue weighted by Crippen LogP contribution is -2.34. The van der Waals surface area contributed by atoms with Crippen LogP contribution < -0.4 is 14.2 Å². The van der Waals surface area contributed by atoms with E-state index in [9.17, 15) is 10.3 Å². The largest absolute Gasteiger partial charge is 0.507 e. The number of nitrogens with zero attached hydrogens (tertiary/aromatic N) is 2. The van der Waals surface area contributed by atoms with Gasteiger partial charge in [0.2, 0.25) is 12.5 Å². The van der Waals surface area contributed by atoms with Crippen LogP contribution in [0.3, 0.4) is 0 Å². The Kier molecular flexibility index (Phi) is 4.53. The smallest absolute Gasteiger partial charge is 0.231 e. The molecule has 142 valence electrons. The summed E-state index contributed by atoms with van der Waals surface area (Å²) in [5, 5.41) is 23.3. The molecule has 2 aliphatic rings. The van der Waals surface area contributed by atoms with Crippen LogP contribution in [0.25, 0.3) is 0 Å². The molecule has 0 saturated heterocycles. The number of rotatable bonds is 4. The summed E-state index contributed by atoms with van der Waals surface area (Å²) in [6.07, 6.45) is 1.27. The van der Waals surface area contributed by atoms with Crippen LogP contribution in [0.4, 0.5) is 0 Å². The van der Waals surface area contributed by atoms with E-state index in [4.69, 9.17) is 14.2 Å². The van der Waals surface area contributed by atoms with Crippen molar-refractivity contribution < 1.29 is 24.5 Å². The minimum Gasteiger partial charge on any atom is -0.507 e. The first-order chi connectivity index (χ1) is 13.1. The Balaban J connectivity index is 1.78. The Hall–Kier alpha value is -2.93. The lowest BCUT2D eigenvalue weighted by molar-refractivity contribution is 0.170. The van der Waals surface area contributed by atoms with Gasteiger partial charge < -0.3 is 24.5 Å².